The van der Waals surface area contributed by atoms with Gasteiger partial charge in [-0.3, -0.25) is 9.35 Å². The van der Waals surface area contributed by atoms with E-state index in [1.54, 1.807) is 25.1 Å². The normalized spacial score (nSPS) is 16.1. The van der Waals surface area contributed by atoms with Crippen LogP contribution in [0.2, 0.25) is 0 Å². The van der Waals surface area contributed by atoms with Crippen LogP contribution < -0.4 is 34.3 Å². The standard InChI is InChI=1S/C13H14N2O5S2.Na/c1-15(2)13-14-12(16)10(21-13)6-8-4-5-9(20-3)11(7-8)22(17,18)19;/h4-7H,1-3H3,(H,17,18,19);/q;+1/b10-6+;. The second-order valence-corrected chi connectivity index (χ2v) is 6.99. The first kappa shape index (κ1) is 20.2. The van der Waals surface area contributed by atoms with Crippen molar-refractivity contribution in [3.8, 4) is 5.75 Å². The Bertz CT molecular complexity index is 788. The molecule has 1 aromatic carbocycles. The van der Waals surface area contributed by atoms with Crippen LogP contribution in [0.1, 0.15) is 5.56 Å². The van der Waals surface area contributed by atoms with E-state index in [-0.39, 0.29) is 40.2 Å². The number of carbonyl (C=O) groups excluding carboxylic acids is 1. The molecule has 1 aromatic rings. The molecule has 1 heterocycles. The number of methoxy groups -OCH3 is 1. The van der Waals surface area contributed by atoms with E-state index in [0.29, 0.717) is 15.6 Å². The third-order valence-corrected chi connectivity index (χ3v) is 4.78. The minimum Gasteiger partial charge on any atom is -0.495 e. The minimum atomic E-state index is -4.42. The zero-order valence-electron chi connectivity index (χ0n) is 13.1. The molecule has 0 aromatic heterocycles. The van der Waals surface area contributed by atoms with Gasteiger partial charge in [0.25, 0.3) is 16.0 Å². The molecule has 0 saturated carbocycles. The van der Waals surface area contributed by atoms with E-state index in [1.165, 1.54) is 37.1 Å². The first-order valence-electron chi connectivity index (χ1n) is 6.08. The zero-order valence-corrected chi connectivity index (χ0v) is 16.7. The molecule has 0 saturated heterocycles. The van der Waals surface area contributed by atoms with E-state index >= 15 is 0 Å². The fraction of sp³-hybridized carbons (Fsp3) is 0.231. The molecule has 1 N–H and O–H groups in total. The van der Waals surface area contributed by atoms with Gasteiger partial charge in [0.2, 0.25) is 0 Å². The Labute approximate surface area is 160 Å². The zero-order chi connectivity index (χ0) is 16.5. The number of nitrogens with zero attached hydrogens (tertiary/aromatic N) is 2. The Balaban J connectivity index is 0.00000264. The molecule has 2 rings (SSSR count). The quantitative estimate of drug-likeness (QED) is 0.395. The average Bonchev–Trinajstić information content (AvgIpc) is 2.79. The van der Waals surface area contributed by atoms with Crippen molar-refractivity contribution in [1.82, 2.24) is 4.90 Å². The molecule has 0 fully saturated rings. The minimum absolute atomic E-state index is 0. The van der Waals surface area contributed by atoms with Crippen LogP contribution in [-0.4, -0.2) is 50.2 Å². The number of amidine groups is 1. The molecule has 7 nitrogen and oxygen atoms in total. The fourth-order valence-electron chi connectivity index (χ4n) is 1.73. The molecule has 0 bridgehead atoms. The molecule has 1 amide bonds. The molecule has 118 valence electrons. The van der Waals surface area contributed by atoms with E-state index in [1.807, 2.05) is 0 Å². The van der Waals surface area contributed by atoms with Crippen molar-refractivity contribution < 1.29 is 52.1 Å². The van der Waals surface area contributed by atoms with E-state index in [2.05, 4.69) is 4.99 Å². The number of aliphatic imine (C=N–C) groups is 1. The van der Waals surface area contributed by atoms with Crippen molar-refractivity contribution in [2.24, 2.45) is 4.99 Å². The van der Waals surface area contributed by atoms with Gasteiger partial charge in [0.05, 0.1) is 12.0 Å². The topological polar surface area (TPSA) is 96.3 Å². The number of hydrogen-bond acceptors (Lipinski definition) is 6. The molecule has 1 aliphatic rings. The molecule has 0 atom stereocenters. The van der Waals surface area contributed by atoms with E-state index in [4.69, 9.17) is 4.74 Å². The van der Waals surface area contributed by atoms with Crippen molar-refractivity contribution in [2.75, 3.05) is 21.2 Å². The molecule has 0 unspecified atom stereocenters. The van der Waals surface area contributed by atoms with Gasteiger partial charge < -0.3 is 9.64 Å². The van der Waals surface area contributed by atoms with Crippen LogP contribution in [0.3, 0.4) is 0 Å². The largest absolute Gasteiger partial charge is 1.00 e. The van der Waals surface area contributed by atoms with Gasteiger partial charge in [-0.25, -0.2) is 0 Å². The third kappa shape index (κ3) is 4.82. The first-order chi connectivity index (χ1) is 10.2. The molecule has 0 spiro atoms. The van der Waals surface area contributed by atoms with Crippen LogP contribution in [0, 0.1) is 0 Å². The summed E-state index contributed by atoms with van der Waals surface area (Å²) in [5.74, 6) is -0.363. The monoisotopic (exact) mass is 365 g/mol. The van der Waals surface area contributed by atoms with Crippen LogP contribution in [0.15, 0.2) is 33.0 Å². The van der Waals surface area contributed by atoms with Gasteiger partial charge >= 0.3 is 29.6 Å². The number of amides is 1. The molecule has 23 heavy (non-hydrogen) atoms. The summed E-state index contributed by atoms with van der Waals surface area (Å²) in [6, 6.07) is 4.23. The second kappa shape index (κ2) is 7.82. The molecule has 0 radical (unpaired) electrons. The van der Waals surface area contributed by atoms with Crippen LogP contribution in [0.25, 0.3) is 6.08 Å². The van der Waals surface area contributed by atoms with E-state index in [0.717, 1.165) is 0 Å². The van der Waals surface area contributed by atoms with Gasteiger partial charge in [-0.2, -0.15) is 13.4 Å². The molecule has 1 aliphatic heterocycles. The average molecular weight is 365 g/mol. The summed E-state index contributed by atoms with van der Waals surface area (Å²) in [7, 11) is 0.418. The molecule has 10 heteroatoms. The summed E-state index contributed by atoms with van der Waals surface area (Å²) in [5.41, 5.74) is 0.444. The summed E-state index contributed by atoms with van der Waals surface area (Å²) in [5, 5.41) is 0.555. The van der Waals surface area contributed by atoms with Gasteiger partial charge in [0.1, 0.15) is 10.6 Å². The Morgan fingerprint density at radius 1 is 1.35 bits per heavy atom. The Kier molecular flexibility index (Phi) is 6.87. The second-order valence-electron chi connectivity index (χ2n) is 4.59. The number of carbonyl (C=O) groups is 1. The SMILES string of the molecule is COc1ccc(/C=C2/SC(N(C)C)=NC2=O)cc1S(=O)(=O)O.[Na+]. The summed E-state index contributed by atoms with van der Waals surface area (Å²) in [4.78, 5) is 17.4. The maximum absolute atomic E-state index is 11.8. The van der Waals surface area contributed by atoms with Crippen molar-refractivity contribution in [3.05, 3.63) is 28.7 Å². The van der Waals surface area contributed by atoms with Crippen LogP contribution in [0.5, 0.6) is 5.75 Å². The third-order valence-electron chi connectivity index (χ3n) is 2.76. The summed E-state index contributed by atoms with van der Waals surface area (Å²) < 4.78 is 36.9. The Hall–Kier alpha value is -0.840. The maximum atomic E-state index is 11.8. The molecule has 0 aliphatic carbocycles. The molecular weight excluding hydrogens is 351 g/mol. The van der Waals surface area contributed by atoms with Crippen molar-refractivity contribution in [1.29, 1.82) is 0 Å². The first-order valence-corrected chi connectivity index (χ1v) is 8.33. The van der Waals surface area contributed by atoms with Gasteiger partial charge in [-0.1, -0.05) is 6.07 Å². The van der Waals surface area contributed by atoms with Gasteiger partial charge in [-0.05, 0) is 35.5 Å². The Morgan fingerprint density at radius 3 is 2.48 bits per heavy atom. The fourth-order valence-corrected chi connectivity index (χ4v) is 3.25. The number of benzene rings is 1. The van der Waals surface area contributed by atoms with Crippen molar-refractivity contribution in [3.63, 3.8) is 0 Å². The van der Waals surface area contributed by atoms with Crippen LogP contribution in [0.4, 0.5) is 0 Å². The van der Waals surface area contributed by atoms with Crippen molar-refractivity contribution >= 4 is 39.0 Å². The van der Waals surface area contributed by atoms with E-state index < -0.39 is 16.0 Å². The predicted molar refractivity (Wildman–Crippen MR) is 84.5 cm³/mol. The van der Waals surface area contributed by atoms with Crippen molar-refractivity contribution in [2.45, 2.75) is 4.90 Å². The number of rotatable bonds is 3. The van der Waals surface area contributed by atoms with Crippen LogP contribution in [-0.2, 0) is 14.9 Å². The van der Waals surface area contributed by atoms with Gasteiger partial charge in [0.15, 0.2) is 5.17 Å². The van der Waals surface area contributed by atoms with Gasteiger partial charge in [-0.15, -0.1) is 0 Å². The van der Waals surface area contributed by atoms with E-state index in [9.17, 15) is 17.8 Å². The Morgan fingerprint density at radius 2 is 2.00 bits per heavy atom. The van der Waals surface area contributed by atoms with Crippen LogP contribution >= 0.6 is 11.8 Å². The number of hydrogen-bond donors (Lipinski definition) is 1. The number of thioether (sulfide) groups is 1. The summed E-state index contributed by atoms with van der Waals surface area (Å²) in [6.07, 6.45) is 1.52. The van der Waals surface area contributed by atoms with Gasteiger partial charge in [0, 0.05) is 14.1 Å². The molecular formula is C13H14N2NaO5S2+. The summed E-state index contributed by atoms with van der Waals surface area (Å²) in [6.45, 7) is 0. The maximum Gasteiger partial charge on any atom is 1.00 e. The summed E-state index contributed by atoms with van der Waals surface area (Å²) >= 11 is 1.19. The predicted octanol–water partition coefficient (Wildman–Crippen LogP) is -1.52. The number of ether oxygens (including phenoxy) is 1. The smallest absolute Gasteiger partial charge is 0.495 e.